The molecule has 0 bridgehead atoms. The maximum atomic E-state index is 5.82. The SMILES string of the molecule is COc1ccnc(-c2cc(Cl)nc(Cl)c2)c1. The molecule has 0 saturated heterocycles. The van der Waals surface area contributed by atoms with Gasteiger partial charge < -0.3 is 4.74 Å². The van der Waals surface area contributed by atoms with Crippen LogP contribution in [0.5, 0.6) is 5.75 Å². The minimum absolute atomic E-state index is 0.340. The fourth-order valence-electron chi connectivity index (χ4n) is 1.31. The Bertz CT molecular complexity index is 497. The van der Waals surface area contributed by atoms with Crippen molar-refractivity contribution in [2.45, 2.75) is 0 Å². The summed E-state index contributed by atoms with van der Waals surface area (Å²) in [4.78, 5) is 8.09. The fourth-order valence-corrected chi connectivity index (χ4v) is 1.77. The lowest BCUT2D eigenvalue weighted by atomic mass is 10.2. The number of aromatic nitrogens is 2. The summed E-state index contributed by atoms with van der Waals surface area (Å²) in [6.45, 7) is 0. The van der Waals surface area contributed by atoms with Crippen molar-refractivity contribution in [3.05, 3.63) is 40.8 Å². The van der Waals surface area contributed by atoms with Crippen molar-refractivity contribution in [3.63, 3.8) is 0 Å². The summed E-state index contributed by atoms with van der Waals surface area (Å²) in [5.74, 6) is 0.731. The second kappa shape index (κ2) is 4.68. The van der Waals surface area contributed by atoms with Crippen molar-refractivity contribution in [2.75, 3.05) is 7.11 Å². The van der Waals surface area contributed by atoms with Gasteiger partial charge in [-0.2, -0.15) is 0 Å². The lowest BCUT2D eigenvalue weighted by Gasteiger charge is -2.04. The van der Waals surface area contributed by atoms with E-state index in [1.807, 2.05) is 6.07 Å². The van der Waals surface area contributed by atoms with E-state index in [9.17, 15) is 0 Å². The number of ether oxygens (including phenoxy) is 1. The molecule has 0 radical (unpaired) electrons. The molecule has 2 aromatic heterocycles. The zero-order chi connectivity index (χ0) is 11.5. The maximum Gasteiger partial charge on any atom is 0.131 e. The molecule has 5 heteroatoms. The van der Waals surface area contributed by atoms with Gasteiger partial charge in [-0.15, -0.1) is 0 Å². The highest BCUT2D eigenvalue weighted by Gasteiger charge is 2.04. The van der Waals surface area contributed by atoms with Gasteiger partial charge in [0.25, 0.3) is 0 Å². The van der Waals surface area contributed by atoms with Gasteiger partial charge in [0.15, 0.2) is 0 Å². The van der Waals surface area contributed by atoms with E-state index in [0.717, 1.165) is 17.0 Å². The average molecular weight is 255 g/mol. The molecule has 2 rings (SSSR count). The van der Waals surface area contributed by atoms with Gasteiger partial charge in [0.1, 0.15) is 16.1 Å². The molecule has 2 aromatic rings. The van der Waals surface area contributed by atoms with Gasteiger partial charge in [0.05, 0.1) is 12.8 Å². The second-order valence-electron chi connectivity index (χ2n) is 3.08. The second-order valence-corrected chi connectivity index (χ2v) is 3.86. The van der Waals surface area contributed by atoms with Gasteiger partial charge in [0.2, 0.25) is 0 Å². The van der Waals surface area contributed by atoms with Crippen LogP contribution >= 0.6 is 23.2 Å². The molecule has 0 fully saturated rings. The molecule has 0 aliphatic rings. The normalized spacial score (nSPS) is 10.2. The van der Waals surface area contributed by atoms with Crippen LogP contribution < -0.4 is 4.74 Å². The Hall–Kier alpha value is -1.32. The highest BCUT2D eigenvalue weighted by atomic mass is 35.5. The number of rotatable bonds is 2. The molecule has 0 aromatic carbocycles. The molecule has 0 unspecified atom stereocenters. The number of hydrogen-bond acceptors (Lipinski definition) is 3. The molecule has 0 aliphatic carbocycles. The monoisotopic (exact) mass is 254 g/mol. The third-order valence-electron chi connectivity index (χ3n) is 2.03. The lowest BCUT2D eigenvalue weighted by molar-refractivity contribution is 0.414. The molecule has 0 N–H and O–H groups in total. The molecule has 0 atom stereocenters. The summed E-state index contributed by atoms with van der Waals surface area (Å²) in [7, 11) is 1.60. The number of hydrogen-bond donors (Lipinski definition) is 0. The summed E-state index contributed by atoms with van der Waals surface area (Å²) in [6, 6.07) is 6.99. The van der Waals surface area contributed by atoms with Gasteiger partial charge in [-0.1, -0.05) is 23.2 Å². The lowest BCUT2D eigenvalue weighted by Crippen LogP contribution is -1.88. The van der Waals surface area contributed by atoms with Gasteiger partial charge in [-0.3, -0.25) is 4.98 Å². The molecular weight excluding hydrogens is 247 g/mol. The predicted octanol–water partition coefficient (Wildman–Crippen LogP) is 3.46. The summed E-state index contributed by atoms with van der Waals surface area (Å²) in [5, 5.41) is 0.680. The van der Waals surface area contributed by atoms with Crippen molar-refractivity contribution in [1.29, 1.82) is 0 Å². The number of halogens is 2. The van der Waals surface area contributed by atoms with E-state index in [1.165, 1.54) is 0 Å². The highest BCUT2D eigenvalue weighted by Crippen LogP contribution is 2.25. The largest absolute Gasteiger partial charge is 0.497 e. The van der Waals surface area contributed by atoms with E-state index in [0.29, 0.717) is 10.3 Å². The van der Waals surface area contributed by atoms with Crippen LogP contribution in [0.2, 0.25) is 10.3 Å². The number of pyridine rings is 2. The van der Waals surface area contributed by atoms with Crippen LogP contribution in [0.3, 0.4) is 0 Å². The van der Waals surface area contributed by atoms with Crippen LogP contribution in [-0.2, 0) is 0 Å². The van der Waals surface area contributed by atoms with Gasteiger partial charge in [-0.25, -0.2) is 4.98 Å². The van der Waals surface area contributed by atoms with Gasteiger partial charge >= 0.3 is 0 Å². The van der Waals surface area contributed by atoms with Crippen molar-refractivity contribution in [3.8, 4) is 17.0 Å². The molecular formula is C11H8Cl2N2O. The zero-order valence-corrected chi connectivity index (χ0v) is 9.96. The topological polar surface area (TPSA) is 35.0 Å². The number of methoxy groups -OCH3 is 1. The molecule has 2 heterocycles. The van der Waals surface area contributed by atoms with E-state index in [1.54, 1.807) is 31.5 Å². The minimum Gasteiger partial charge on any atom is -0.497 e. The molecule has 0 spiro atoms. The molecule has 3 nitrogen and oxygen atoms in total. The Morgan fingerprint density at radius 1 is 1.12 bits per heavy atom. The summed E-state index contributed by atoms with van der Waals surface area (Å²) in [5.41, 5.74) is 1.55. The number of nitrogens with zero attached hydrogens (tertiary/aromatic N) is 2. The first-order valence-electron chi connectivity index (χ1n) is 4.52. The zero-order valence-electron chi connectivity index (χ0n) is 8.45. The van der Waals surface area contributed by atoms with Crippen LogP contribution in [0, 0.1) is 0 Å². The summed E-state index contributed by atoms with van der Waals surface area (Å²) >= 11 is 11.6. The molecule has 82 valence electrons. The molecule has 16 heavy (non-hydrogen) atoms. The quantitative estimate of drug-likeness (QED) is 0.771. The Morgan fingerprint density at radius 2 is 1.81 bits per heavy atom. The van der Waals surface area contributed by atoms with Crippen LogP contribution in [-0.4, -0.2) is 17.1 Å². The van der Waals surface area contributed by atoms with Crippen LogP contribution in [0.25, 0.3) is 11.3 Å². The predicted molar refractivity (Wildman–Crippen MR) is 64.0 cm³/mol. The van der Waals surface area contributed by atoms with Gasteiger partial charge in [0, 0.05) is 17.8 Å². The Labute approximate surface area is 103 Å². The third kappa shape index (κ3) is 2.43. The Kier molecular flexibility index (Phi) is 3.27. The Balaban J connectivity index is 2.49. The fraction of sp³-hybridized carbons (Fsp3) is 0.0909. The molecule has 0 saturated carbocycles. The van der Waals surface area contributed by atoms with E-state index in [4.69, 9.17) is 27.9 Å². The van der Waals surface area contributed by atoms with Crippen LogP contribution in [0.1, 0.15) is 0 Å². The summed E-state index contributed by atoms with van der Waals surface area (Å²) in [6.07, 6.45) is 1.66. The van der Waals surface area contributed by atoms with E-state index < -0.39 is 0 Å². The first kappa shape index (κ1) is 11.2. The first-order chi connectivity index (χ1) is 7.69. The molecule has 0 aliphatic heterocycles. The third-order valence-corrected chi connectivity index (χ3v) is 2.41. The van der Waals surface area contributed by atoms with Crippen LogP contribution in [0.4, 0.5) is 0 Å². The van der Waals surface area contributed by atoms with E-state index >= 15 is 0 Å². The van der Waals surface area contributed by atoms with E-state index in [-0.39, 0.29) is 0 Å². The highest BCUT2D eigenvalue weighted by molar-refractivity contribution is 6.32. The van der Waals surface area contributed by atoms with Gasteiger partial charge in [-0.05, 0) is 18.2 Å². The van der Waals surface area contributed by atoms with Crippen LogP contribution in [0.15, 0.2) is 30.5 Å². The smallest absolute Gasteiger partial charge is 0.131 e. The van der Waals surface area contributed by atoms with Crippen molar-refractivity contribution in [2.24, 2.45) is 0 Å². The van der Waals surface area contributed by atoms with Crippen molar-refractivity contribution in [1.82, 2.24) is 9.97 Å². The first-order valence-corrected chi connectivity index (χ1v) is 5.28. The van der Waals surface area contributed by atoms with Crippen molar-refractivity contribution >= 4 is 23.2 Å². The van der Waals surface area contributed by atoms with E-state index in [2.05, 4.69) is 9.97 Å². The average Bonchev–Trinajstić information content (AvgIpc) is 2.28. The minimum atomic E-state index is 0.340. The Morgan fingerprint density at radius 3 is 2.44 bits per heavy atom. The molecule has 0 amide bonds. The van der Waals surface area contributed by atoms with Crippen molar-refractivity contribution < 1.29 is 4.74 Å². The summed E-state index contributed by atoms with van der Waals surface area (Å²) < 4.78 is 5.12. The standard InChI is InChI=1S/C11H8Cl2N2O/c1-16-8-2-3-14-9(6-8)7-4-10(12)15-11(13)5-7/h2-6H,1H3. The maximum absolute atomic E-state index is 5.82.